The quantitative estimate of drug-likeness (QED) is 0.855. The first-order chi connectivity index (χ1) is 12.2. The molecule has 0 bridgehead atoms. The third-order valence-corrected chi connectivity index (χ3v) is 3.76. The highest BCUT2D eigenvalue weighted by Gasteiger charge is 2.30. The average molecular weight is 364 g/mol. The maximum absolute atomic E-state index is 12.7. The number of carbonyl (C=O) groups excluding carboxylic acids is 2. The fourth-order valence-corrected chi connectivity index (χ4v) is 2.40. The van der Waals surface area contributed by atoms with Crippen molar-refractivity contribution in [2.75, 3.05) is 16.8 Å². The van der Waals surface area contributed by atoms with Gasteiger partial charge in [0.1, 0.15) is 0 Å². The zero-order valence-corrected chi connectivity index (χ0v) is 14.4. The molecular formula is C19H19F3N2O2. The van der Waals surface area contributed by atoms with Gasteiger partial charge in [0.2, 0.25) is 11.8 Å². The van der Waals surface area contributed by atoms with Crippen LogP contribution in [-0.2, 0) is 15.8 Å². The van der Waals surface area contributed by atoms with Crippen molar-refractivity contribution in [3.63, 3.8) is 0 Å². The highest BCUT2D eigenvalue weighted by Crippen LogP contribution is 2.30. The van der Waals surface area contributed by atoms with Crippen molar-refractivity contribution in [3.05, 3.63) is 59.7 Å². The monoisotopic (exact) mass is 364 g/mol. The van der Waals surface area contributed by atoms with Gasteiger partial charge < -0.3 is 10.2 Å². The zero-order chi connectivity index (χ0) is 19.3. The van der Waals surface area contributed by atoms with E-state index in [2.05, 4.69) is 5.32 Å². The Morgan fingerprint density at radius 3 is 2.31 bits per heavy atom. The summed E-state index contributed by atoms with van der Waals surface area (Å²) in [6.07, 6.45) is -4.51. The normalized spacial score (nSPS) is 11.1. The first-order valence-electron chi connectivity index (χ1n) is 7.98. The van der Waals surface area contributed by atoms with E-state index in [1.807, 2.05) is 19.1 Å². The molecule has 1 N–H and O–H groups in total. The predicted octanol–water partition coefficient (Wildman–Crippen LogP) is 4.40. The van der Waals surface area contributed by atoms with Crippen LogP contribution in [0.15, 0.2) is 48.5 Å². The molecule has 4 nitrogen and oxygen atoms in total. The Kier molecular flexibility index (Phi) is 6.02. The molecule has 0 aliphatic carbocycles. The second kappa shape index (κ2) is 8.03. The molecule has 0 fully saturated rings. The Hall–Kier alpha value is -2.83. The smallest absolute Gasteiger partial charge is 0.326 e. The average Bonchev–Trinajstić information content (AvgIpc) is 2.56. The maximum atomic E-state index is 12.7. The van der Waals surface area contributed by atoms with Crippen LogP contribution in [0.3, 0.4) is 0 Å². The van der Waals surface area contributed by atoms with Crippen molar-refractivity contribution in [1.29, 1.82) is 0 Å². The fourth-order valence-electron chi connectivity index (χ4n) is 2.40. The molecule has 0 spiro atoms. The SMILES string of the molecule is CC(=O)N(CCC(=O)Nc1cccc(C(F)(F)F)c1)c1ccc(C)cc1. The summed E-state index contributed by atoms with van der Waals surface area (Å²) in [6.45, 7) is 3.44. The van der Waals surface area contributed by atoms with E-state index >= 15 is 0 Å². The van der Waals surface area contributed by atoms with Gasteiger partial charge in [0.25, 0.3) is 0 Å². The number of halogens is 3. The van der Waals surface area contributed by atoms with E-state index in [0.29, 0.717) is 5.69 Å². The summed E-state index contributed by atoms with van der Waals surface area (Å²) >= 11 is 0. The van der Waals surface area contributed by atoms with Gasteiger partial charge in [-0.05, 0) is 37.3 Å². The van der Waals surface area contributed by atoms with Crippen LogP contribution in [0.25, 0.3) is 0 Å². The molecule has 2 rings (SSSR count). The topological polar surface area (TPSA) is 49.4 Å². The Balaban J connectivity index is 2.00. The van der Waals surface area contributed by atoms with Gasteiger partial charge in [0, 0.05) is 31.3 Å². The Labute approximate surface area is 149 Å². The standard InChI is InChI=1S/C19H19F3N2O2/c1-13-6-8-17(9-7-13)24(14(2)25)11-10-18(26)23-16-5-3-4-15(12-16)19(20,21)22/h3-9,12H,10-11H2,1-2H3,(H,23,26). The van der Waals surface area contributed by atoms with E-state index in [-0.39, 0.29) is 24.6 Å². The lowest BCUT2D eigenvalue weighted by Gasteiger charge is -2.21. The number of aryl methyl sites for hydroxylation is 1. The fraction of sp³-hybridized carbons (Fsp3) is 0.263. The van der Waals surface area contributed by atoms with E-state index < -0.39 is 17.6 Å². The molecule has 2 aromatic rings. The molecule has 138 valence electrons. The molecule has 0 radical (unpaired) electrons. The van der Waals surface area contributed by atoms with Crippen molar-refractivity contribution in [2.45, 2.75) is 26.4 Å². The molecule has 0 unspecified atom stereocenters. The lowest BCUT2D eigenvalue weighted by Crippen LogP contribution is -2.31. The van der Waals surface area contributed by atoms with E-state index in [1.54, 1.807) is 12.1 Å². The van der Waals surface area contributed by atoms with Gasteiger partial charge in [0.15, 0.2) is 0 Å². The van der Waals surface area contributed by atoms with E-state index in [0.717, 1.165) is 17.7 Å². The molecule has 2 amide bonds. The number of rotatable bonds is 5. The molecule has 0 heterocycles. The van der Waals surface area contributed by atoms with Gasteiger partial charge in [-0.15, -0.1) is 0 Å². The van der Waals surface area contributed by atoms with Crippen molar-refractivity contribution < 1.29 is 22.8 Å². The van der Waals surface area contributed by atoms with Crippen molar-refractivity contribution in [2.24, 2.45) is 0 Å². The minimum absolute atomic E-state index is 0.0380. The molecule has 26 heavy (non-hydrogen) atoms. The molecule has 7 heteroatoms. The minimum atomic E-state index is -4.47. The van der Waals surface area contributed by atoms with E-state index in [4.69, 9.17) is 0 Å². The summed E-state index contributed by atoms with van der Waals surface area (Å²) in [4.78, 5) is 25.3. The molecule has 0 saturated carbocycles. The van der Waals surface area contributed by atoms with Crippen LogP contribution in [0.5, 0.6) is 0 Å². The van der Waals surface area contributed by atoms with Crippen LogP contribution >= 0.6 is 0 Å². The lowest BCUT2D eigenvalue weighted by molar-refractivity contribution is -0.137. The van der Waals surface area contributed by atoms with Crippen LogP contribution in [0.4, 0.5) is 24.5 Å². The number of hydrogen-bond donors (Lipinski definition) is 1. The molecule has 2 aromatic carbocycles. The van der Waals surface area contributed by atoms with Crippen LogP contribution in [0, 0.1) is 6.92 Å². The molecule has 0 atom stereocenters. The van der Waals surface area contributed by atoms with Crippen molar-refractivity contribution >= 4 is 23.2 Å². The Bertz CT molecular complexity index is 786. The third-order valence-electron chi connectivity index (χ3n) is 3.76. The largest absolute Gasteiger partial charge is 0.416 e. The van der Waals surface area contributed by atoms with Crippen molar-refractivity contribution in [1.82, 2.24) is 0 Å². The number of hydrogen-bond acceptors (Lipinski definition) is 2. The van der Waals surface area contributed by atoms with Gasteiger partial charge in [-0.3, -0.25) is 9.59 Å². The van der Waals surface area contributed by atoms with Gasteiger partial charge in [-0.1, -0.05) is 23.8 Å². The summed E-state index contributed by atoms with van der Waals surface area (Å²) in [6, 6.07) is 11.7. The third kappa shape index (κ3) is 5.34. The van der Waals surface area contributed by atoms with Gasteiger partial charge in [0.05, 0.1) is 5.56 Å². The molecule has 0 aliphatic rings. The Morgan fingerprint density at radius 1 is 1.08 bits per heavy atom. The Morgan fingerprint density at radius 2 is 1.73 bits per heavy atom. The number of amides is 2. The van der Waals surface area contributed by atoms with Crippen LogP contribution < -0.4 is 10.2 Å². The first kappa shape index (κ1) is 19.5. The van der Waals surface area contributed by atoms with Crippen LogP contribution in [0.2, 0.25) is 0 Å². The van der Waals surface area contributed by atoms with Gasteiger partial charge in [-0.2, -0.15) is 13.2 Å². The summed E-state index contributed by atoms with van der Waals surface area (Å²) in [5.41, 5.74) is 0.935. The predicted molar refractivity (Wildman–Crippen MR) is 93.9 cm³/mol. The highest BCUT2D eigenvalue weighted by molar-refractivity contribution is 5.94. The number of benzene rings is 2. The zero-order valence-electron chi connectivity index (χ0n) is 14.4. The number of carbonyl (C=O) groups is 2. The lowest BCUT2D eigenvalue weighted by atomic mass is 10.2. The first-order valence-corrected chi connectivity index (χ1v) is 7.98. The minimum Gasteiger partial charge on any atom is -0.326 e. The number of nitrogens with zero attached hydrogens (tertiary/aromatic N) is 1. The summed E-state index contributed by atoms with van der Waals surface area (Å²) in [7, 11) is 0. The van der Waals surface area contributed by atoms with E-state index in [9.17, 15) is 22.8 Å². The van der Waals surface area contributed by atoms with Crippen LogP contribution in [0.1, 0.15) is 24.5 Å². The summed E-state index contributed by atoms with van der Waals surface area (Å²) < 4.78 is 38.1. The van der Waals surface area contributed by atoms with Gasteiger partial charge >= 0.3 is 6.18 Å². The maximum Gasteiger partial charge on any atom is 0.416 e. The second-order valence-corrected chi connectivity index (χ2v) is 5.88. The molecular weight excluding hydrogens is 345 g/mol. The molecule has 0 aromatic heterocycles. The number of nitrogens with one attached hydrogen (secondary N) is 1. The number of alkyl halides is 3. The van der Waals surface area contributed by atoms with Crippen molar-refractivity contribution in [3.8, 4) is 0 Å². The highest BCUT2D eigenvalue weighted by atomic mass is 19.4. The molecule has 0 aliphatic heterocycles. The molecule has 0 saturated heterocycles. The number of anilines is 2. The van der Waals surface area contributed by atoms with Crippen LogP contribution in [-0.4, -0.2) is 18.4 Å². The van der Waals surface area contributed by atoms with E-state index in [1.165, 1.54) is 24.0 Å². The summed E-state index contributed by atoms with van der Waals surface area (Å²) in [5, 5.41) is 2.43. The van der Waals surface area contributed by atoms with Gasteiger partial charge in [-0.25, -0.2) is 0 Å². The summed E-state index contributed by atoms with van der Waals surface area (Å²) in [5.74, 6) is -0.691. The second-order valence-electron chi connectivity index (χ2n) is 5.88.